The van der Waals surface area contributed by atoms with Crippen LogP contribution in [0.4, 0.5) is 11.9 Å². The molecule has 0 aliphatic carbocycles. The molecule has 0 saturated carbocycles. The van der Waals surface area contributed by atoms with E-state index in [4.69, 9.17) is 0 Å². The largest absolute Gasteiger partial charge is 0.340 e. The van der Waals surface area contributed by atoms with Gasteiger partial charge >= 0.3 is 0 Å². The maximum absolute atomic E-state index is 12.6. The molecule has 0 radical (unpaired) electrons. The number of amides is 1. The zero-order valence-electron chi connectivity index (χ0n) is 15.2. The van der Waals surface area contributed by atoms with Gasteiger partial charge in [-0.05, 0) is 32.8 Å². The molecular formula is C17H25N7O. The number of anilines is 2. The molecule has 2 N–H and O–H groups in total. The number of rotatable bonds is 4. The molecule has 3 rings (SSSR count). The van der Waals surface area contributed by atoms with Crippen LogP contribution in [-0.2, 0) is 4.79 Å². The summed E-state index contributed by atoms with van der Waals surface area (Å²) in [5.74, 6) is 1.88. The first-order valence-corrected chi connectivity index (χ1v) is 8.72. The van der Waals surface area contributed by atoms with Gasteiger partial charge in [-0.15, -0.1) is 5.10 Å². The van der Waals surface area contributed by atoms with E-state index < -0.39 is 0 Å². The van der Waals surface area contributed by atoms with Crippen LogP contribution in [0.2, 0.25) is 0 Å². The fourth-order valence-electron chi connectivity index (χ4n) is 3.02. The van der Waals surface area contributed by atoms with Crippen molar-refractivity contribution in [3.8, 4) is 0 Å². The molecule has 1 saturated heterocycles. The molecule has 0 aromatic carbocycles. The van der Waals surface area contributed by atoms with E-state index >= 15 is 0 Å². The van der Waals surface area contributed by atoms with Gasteiger partial charge in [0.05, 0.1) is 5.92 Å². The average molecular weight is 343 g/mol. The van der Waals surface area contributed by atoms with Crippen molar-refractivity contribution in [3.63, 3.8) is 0 Å². The third-order valence-corrected chi connectivity index (χ3v) is 4.33. The molecule has 1 atom stereocenters. The first kappa shape index (κ1) is 17.3. The van der Waals surface area contributed by atoms with Crippen molar-refractivity contribution in [1.82, 2.24) is 25.1 Å². The number of aromatic nitrogens is 5. The first-order valence-electron chi connectivity index (χ1n) is 8.72. The summed E-state index contributed by atoms with van der Waals surface area (Å²) in [6, 6.07) is 1.95. The Kier molecular flexibility index (Phi) is 4.96. The number of nitrogens with zero attached hydrogens (tertiary/aromatic N) is 5. The third kappa shape index (κ3) is 4.12. The van der Waals surface area contributed by atoms with Crippen molar-refractivity contribution in [1.29, 1.82) is 0 Å². The van der Waals surface area contributed by atoms with Crippen LogP contribution in [0.3, 0.4) is 0 Å². The van der Waals surface area contributed by atoms with Crippen LogP contribution in [0.5, 0.6) is 0 Å². The number of aryl methyl sites for hydroxylation is 2. The number of piperidine rings is 1. The molecule has 0 spiro atoms. The Morgan fingerprint density at radius 3 is 2.64 bits per heavy atom. The maximum atomic E-state index is 12.6. The van der Waals surface area contributed by atoms with Gasteiger partial charge in [0.25, 0.3) is 0 Å². The van der Waals surface area contributed by atoms with Crippen molar-refractivity contribution in [2.75, 3.05) is 23.3 Å². The fourth-order valence-corrected chi connectivity index (χ4v) is 3.02. The van der Waals surface area contributed by atoms with Gasteiger partial charge in [0.15, 0.2) is 0 Å². The van der Waals surface area contributed by atoms with E-state index in [-0.39, 0.29) is 17.7 Å². The topological polar surface area (TPSA) is 99.7 Å². The van der Waals surface area contributed by atoms with Gasteiger partial charge in [0.2, 0.25) is 17.8 Å². The average Bonchev–Trinajstić information content (AvgIpc) is 3.03. The van der Waals surface area contributed by atoms with E-state index in [9.17, 15) is 4.79 Å². The molecule has 8 nitrogen and oxygen atoms in total. The Bertz CT molecular complexity index is 735. The molecule has 134 valence electrons. The monoisotopic (exact) mass is 343 g/mol. The Morgan fingerprint density at radius 2 is 2.00 bits per heavy atom. The summed E-state index contributed by atoms with van der Waals surface area (Å²) in [6.45, 7) is 9.44. The molecule has 1 aliphatic rings. The molecule has 25 heavy (non-hydrogen) atoms. The quantitative estimate of drug-likeness (QED) is 0.883. The Morgan fingerprint density at radius 1 is 1.28 bits per heavy atom. The van der Waals surface area contributed by atoms with Crippen molar-refractivity contribution < 1.29 is 4.79 Å². The highest BCUT2D eigenvalue weighted by atomic mass is 16.2. The van der Waals surface area contributed by atoms with Crippen LogP contribution in [0.25, 0.3) is 0 Å². The summed E-state index contributed by atoms with van der Waals surface area (Å²) in [5, 5.41) is 9.74. The second-order valence-electron chi connectivity index (χ2n) is 6.92. The lowest BCUT2D eigenvalue weighted by molar-refractivity contribution is -0.120. The number of H-pyrrole nitrogens is 1. The van der Waals surface area contributed by atoms with Crippen molar-refractivity contribution in [2.24, 2.45) is 5.92 Å². The summed E-state index contributed by atoms with van der Waals surface area (Å²) >= 11 is 0. The lowest BCUT2D eigenvalue weighted by Gasteiger charge is -2.32. The lowest BCUT2D eigenvalue weighted by atomic mass is 9.97. The summed E-state index contributed by atoms with van der Waals surface area (Å²) in [7, 11) is 0. The van der Waals surface area contributed by atoms with Gasteiger partial charge in [-0.25, -0.2) is 9.97 Å². The zero-order valence-corrected chi connectivity index (χ0v) is 15.2. The van der Waals surface area contributed by atoms with Gasteiger partial charge in [0.1, 0.15) is 5.82 Å². The molecule has 8 heteroatoms. The molecule has 2 aromatic heterocycles. The molecule has 3 heterocycles. The Balaban J connectivity index is 1.66. The van der Waals surface area contributed by atoms with Crippen LogP contribution in [0, 0.1) is 19.8 Å². The highest BCUT2D eigenvalue weighted by Crippen LogP contribution is 2.22. The predicted octanol–water partition coefficient (Wildman–Crippen LogP) is 2.19. The molecule has 2 aromatic rings. The normalized spacial score (nSPS) is 17.8. The second-order valence-corrected chi connectivity index (χ2v) is 6.92. The fraction of sp³-hybridized carbons (Fsp3) is 0.588. The van der Waals surface area contributed by atoms with Gasteiger partial charge in [0, 0.05) is 30.4 Å². The van der Waals surface area contributed by atoms with E-state index in [2.05, 4.69) is 35.4 Å². The smallest absolute Gasteiger partial charge is 0.248 e. The van der Waals surface area contributed by atoms with Crippen LogP contribution in [0.15, 0.2) is 6.07 Å². The number of aromatic amines is 1. The van der Waals surface area contributed by atoms with Gasteiger partial charge in [-0.2, -0.15) is 4.98 Å². The number of hydrogen-bond acceptors (Lipinski definition) is 6. The number of carbonyl (C=O) groups is 1. The Labute approximate surface area is 147 Å². The lowest BCUT2D eigenvalue weighted by Crippen LogP contribution is -2.41. The summed E-state index contributed by atoms with van der Waals surface area (Å²) < 4.78 is 0. The van der Waals surface area contributed by atoms with Crippen LogP contribution >= 0.6 is 0 Å². The zero-order chi connectivity index (χ0) is 18.0. The van der Waals surface area contributed by atoms with Crippen molar-refractivity contribution in [2.45, 2.75) is 46.5 Å². The molecular weight excluding hydrogens is 318 g/mol. The highest BCUT2D eigenvalue weighted by Gasteiger charge is 2.28. The third-order valence-electron chi connectivity index (χ3n) is 4.33. The van der Waals surface area contributed by atoms with Crippen LogP contribution in [-0.4, -0.2) is 44.1 Å². The van der Waals surface area contributed by atoms with E-state index in [0.717, 1.165) is 36.6 Å². The van der Waals surface area contributed by atoms with E-state index in [0.29, 0.717) is 18.4 Å². The van der Waals surface area contributed by atoms with Crippen molar-refractivity contribution in [3.05, 3.63) is 23.3 Å². The minimum Gasteiger partial charge on any atom is -0.340 e. The highest BCUT2D eigenvalue weighted by molar-refractivity contribution is 5.91. The second kappa shape index (κ2) is 7.16. The molecule has 1 fully saturated rings. The SMILES string of the molecule is Cc1cc(C)nc(N2CCC[C@H](C(=O)Nc3n[nH]c(C(C)C)n3)C2)n1. The minimum absolute atomic E-state index is 0.0524. The van der Waals surface area contributed by atoms with Gasteiger partial charge in [-0.1, -0.05) is 13.8 Å². The molecule has 0 bridgehead atoms. The van der Waals surface area contributed by atoms with E-state index in [1.54, 1.807) is 0 Å². The van der Waals surface area contributed by atoms with E-state index in [1.807, 2.05) is 33.8 Å². The van der Waals surface area contributed by atoms with Gasteiger partial charge < -0.3 is 4.90 Å². The van der Waals surface area contributed by atoms with Gasteiger partial charge in [-0.3, -0.25) is 15.2 Å². The first-order chi connectivity index (χ1) is 11.9. The van der Waals surface area contributed by atoms with Crippen LogP contribution in [0.1, 0.15) is 49.8 Å². The summed E-state index contributed by atoms with van der Waals surface area (Å²) in [6.07, 6.45) is 1.77. The summed E-state index contributed by atoms with van der Waals surface area (Å²) in [5.41, 5.74) is 1.88. The number of hydrogen-bond donors (Lipinski definition) is 2. The molecule has 1 amide bonds. The number of carbonyl (C=O) groups excluding carboxylic acids is 1. The standard InChI is InChI=1S/C17H25N7O/c1-10(2)14-20-16(23-22-14)21-15(25)13-6-5-7-24(9-13)17-18-11(3)8-12(4)19-17/h8,10,13H,5-7,9H2,1-4H3,(H2,20,21,22,23,25)/t13-/m0/s1. The van der Waals surface area contributed by atoms with Crippen LogP contribution < -0.4 is 10.2 Å². The molecule has 1 aliphatic heterocycles. The Hall–Kier alpha value is -2.51. The van der Waals surface area contributed by atoms with Crippen molar-refractivity contribution >= 4 is 17.8 Å². The maximum Gasteiger partial charge on any atom is 0.248 e. The van der Waals surface area contributed by atoms with E-state index in [1.165, 1.54) is 0 Å². The minimum atomic E-state index is -0.126. The molecule has 0 unspecified atom stereocenters. The number of nitrogens with one attached hydrogen (secondary N) is 2. The summed E-state index contributed by atoms with van der Waals surface area (Å²) in [4.78, 5) is 28.0. The predicted molar refractivity (Wildman–Crippen MR) is 95.5 cm³/mol.